The average Bonchev–Trinajstić information content (AvgIpc) is 2.82. The number of aryl methyl sites for hydroxylation is 1. The SMILES string of the molecule is Cc1ccc(C(C)n2c(C(C)(C)C)c[nH]c2=S)s1. The second-order valence-corrected chi connectivity index (χ2v) is 7.43. The van der Waals surface area contributed by atoms with E-state index in [2.05, 4.69) is 56.3 Å². The van der Waals surface area contributed by atoms with E-state index in [1.54, 1.807) is 0 Å². The second-order valence-electron chi connectivity index (χ2n) is 5.72. The lowest BCUT2D eigenvalue weighted by molar-refractivity contribution is 0.498. The molecule has 0 radical (unpaired) electrons. The fourth-order valence-corrected chi connectivity index (χ4v) is 3.38. The molecule has 0 saturated carbocycles. The summed E-state index contributed by atoms with van der Waals surface area (Å²) in [6, 6.07) is 4.66. The molecule has 0 aliphatic rings. The molecule has 2 nitrogen and oxygen atoms in total. The summed E-state index contributed by atoms with van der Waals surface area (Å²) < 4.78 is 3.04. The molecule has 0 aromatic carbocycles. The Bertz CT molecular complexity index is 596. The first-order valence-corrected chi connectivity index (χ1v) is 7.40. The summed E-state index contributed by atoms with van der Waals surface area (Å²) >= 11 is 7.28. The summed E-state index contributed by atoms with van der Waals surface area (Å²) in [5, 5.41) is 0. The number of hydrogen-bond donors (Lipinski definition) is 1. The Morgan fingerprint density at radius 3 is 2.50 bits per heavy atom. The number of aromatic nitrogens is 2. The Hall–Kier alpha value is -0.870. The van der Waals surface area contributed by atoms with E-state index in [4.69, 9.17) is 12.2 Å². The lowest BCUT2D eigenvalue weighted by Gasteiger charge is -2.24. The van der Waals surface area contributed by atoms with Crippen molar-refractivity contribution in [3.05, 3.63) is 38.5 Å². The molecule has 2 heterocycles. The fraction of sp³-hybridized carbons (Fsp3) is 0.500. The molecule has 1 unspecified atom stereocenters. The molecule has 98 valence electrons. The van der Waals surface area contributed by atoms with E-state index in [1.165, 1.54) is 15.4 Å². The van der Waals surface area contributed by atoms with Gasteiger partial charge in [0, 0.05) is 27.1 Å². The molecule has 2 rings (SSSR count). The van der Waals surface area contributed by atoms with E-state index in [0.717, 1.165) is 4.77 Å². The molecule has 4 heteroatoms. The van der Waals surface area contributed by atoms with Crippen LogP contribution in [0, 0.1) is 11.7 Å². The van der Waals surface area contributed by atoms with Crippen molar-refractivity contribution < 1.29 is 0 Å². The number of hydrogen-bond acceptors (Lipinski definition) is 2. The van der Waals surface area contributed by atoms with Crippen LogP contribution in [0.2, 0.25) is 0 Å². The maximum absolute atomic E-state index is 5.44. The number of nitrogens with zero attached hydrogens (tertiary/aromatic N) is 1. The zero-order valence-corrected chi connectivity index (χ0v) is 13.2. The van der Waals surface area contributed by atoms with Gasteiger partial charge in [0.2, 0.25) is 0 Å². The van der Waals surface area contributed by atoms with E-state index in [-0.39, 0.29) is 11.5 Å². The highest BCUT2D eigenvalue weighted by molar-refractivity contribution is 7.71. The standard InChI is InChI=1S/C14H20N2S2/c1-9-6-7-11(18-9)10(2)16-12(14(3,4)5)8-15-13(16)17/h6-8,10H,1-5H3,(H,15,17). The summed E-state index contributed by atoms with van der Waals surface area (Å²) in [5.41, 5.74) is 1.35. The largest absolute Gasteiger partial charge is 0.337 e. The molecule has 0 amide bonds. The van der Waals surface area contributed by atoms with Crippen LogP contribution in [0.5, 0.6) is 0 Å². The molecule has 0 bridgehead atoms. The average molecular weight is 280 g/mol. The normalized spacial score (nSPS) is 13.8. The summed E-state index contributed by atoms with van der Waals surface area (Å²) in [4.78, 5) is 5.88. The maximum Gasteiger partial charge on any atom is 0.177 e. The minimum Gasteiger partial charge on any atom is -0.337 e. The van der Waals surface area contributed by atoms with Crippen LogP contribution in [0.4, 0.5) is 0 Å². The smallest absolute Gasteiger partial charge is 0.177 e. The third-order valence-electron chi connectivity index (χ3n) is 3.14. The minimum atomic E-state index is 0.0914. The molecule has 0 fully saturated rings. The van der Waals surface area contributed by atoms with E-state index in [0.29, 0.717) is 0 Å². The van der Waals surface area contributed by atoms with Crippen LogP contribution in [0.15, 0.2) is 18.3 Å². The molecule has 1 atom stereocenters. The zero-order valence-electron chi connectivity index (χ0n) is 11.6. The van der Waals surface area contributed by atoms with E-state index < -0.39 is 0 Å². The van der Waals surface area contributed by atoms with Crippen LogP contribution in [0.3, 0.4) is 0 Å². The molecular weight excluding hydrogens is 260 g/mol. The van der Waals surface area contributed by atoms with Crippen LogP contribution >= 0.6 is 23.6 Å². The van der Waals surface area contributed by atoms with Gasteiger partial charge in [-0.3, -0.25) is 0 Å². The lowest BCUT2D eigenvalue weighted by Crippen LogP contribution is -2.20. The first-order chi connectivity index (χ1) is 8.30. The fourth-order valence-electron chi connectivity index (χ4n) is 2.15. The van der Waals surface area contributed by atoms with Gasteiger partial charge >= 0.3 is 0 Å². The third kappa shape index (κ3) is 2.45. The van der Waals surface area contributed by atoms with Gasteiger partial charge in [-0.1, -0.05) is 20.8 Å². The van der Waals surface area contributed by atoms with Crippen molar-refractivity contribution in [2.45, 2.75) is 46.1 Å². The Kier molecular flexibility index (Phi) is 3.52. The van der Waals surface area contributed by atoms with Gasteiger partial charge in [0.15, 0.2) is 4.77 Å². The molecule has 0 spiro atoms. The molecule has 2 aromatic heterocycles. The molecule has 1 N–H and O–H groups in total. The van der Waals surface area contributed by atoms with Crippen molar-refractivity contribution in [1.82, 2.24) is 9.55 Å². The summed E-state index contributed by atoms with van der Waals surface area (Å²) in [6.45, 7) is 11.0. The van der Waals surface area contributed by atoms with Gasteiger partial charge in [-0.05, 0) is 38.2 Å². The van der Waals surface area contributed by atoms with Gasteiger partial charge in [0.25, 0.3) is 0 Å². The molecule has 0 aliphatic carbocycles. The number of imidazole rings is 1. The number of H-pyrrole nitrogens is 1. The monoisotopic (exact) mass is 280 g/mol. The van der Waals surface area contributed by atoms with Crippen molar-refractivity contribution in [3.63, 3.8) is 0 Å². The quantitative estimate of drug-likeness (QED) is 0.782. The Balaban J connectivity index is 2.51. The molecule has 18 heavy (non-hydrogen) atoms. The van der Waals surface area contributed by atoms with Gasteiger partial charge in [-0.2, -0.15) is 0 Å². The molecule has 2 aromatic rings. The van der Waals surface area contributed by atoms with Gasteiger partial charge in [-0.15, -0.1) is 11.3 Å². The minimum absolute atomic E-state index is 0.0914. The zero-order chi connectivity index (χ0) is 13.5. The Morgan fingerprint density at radius 1 is 1.33 bits per heavy atom. The summed E-state index contributed by atoms with van der Waals surface area (Å²) in [6.07, 6.45) is 2.04. The third-order valence-corrected chi connectivity index (χ3v) is 4.62. The van der Waals surface area contributed by atoms with Crippen LogP contribution in [0.1, 0.15) is 49.2 Å². The predicted molar refractivity (Wildman–Crippen MR) is 81.2 cm³/mol. The van der Waals surface area contributed by atoms with Crippen molar-refractivity contribution in [2.24, 2.45) is 0 Å². The van der Waals surface area contributed by atoms with E-state index in [9.17, 15) is 0 Å². The number of nitrogens with one attached hydrogen (secondary N) is 1. The highest BCUT2D eigenvalue weighted by Gasteiger charge is 2.23. The first-order valence-electron chi connectivity index (χ1n) is 6.17. The van der Waals surface area contributed by atoms with Crippen molar-refractivity contribution in [2.75, 3.05) is 0 Å². The van der Waals surface area contributed by atoms with Gasteiger partial charge in [0.05, 0.1) is 6.04 Å². The van der Waals surface area contributed by atoms with Crippen LogP contribution in [-0.2, 0) is 5.41 Å². The molecule has 0 aliphatic heterocycles. The van der Waals surface area contributed by atoms with Crippen molar-refractivity contribution in [3.8, 4) is 0 Å². The number of aromatic amines is 1. The van der Waals surface area contributed by atoms with Crippen LogP contribution in [0.25, 0.3) is 0 Å². The molecule has 0 saturated heterocycles. The number of rotatable bonds is 2. The predicted octanol–water partition coefficient (Wildman–Crippen LogP) is 4.82. The maximum atomic E-state index is 5.44. The highest BCUT2D eigenvalue weighted by atomic mass is 32.1. The van der Waals surface area contributed by atoms with Gasteiger partial charge < -0.3 is 9.55 Å². The summed E-state index contributed by atoms with van der Waals surface area (Å²) in [5.74, 6) is 0. The Labute approximate surface area is 118 Å². The first kappa shape index (κ1) is 13.6. The van der Waals surface area contributed by atoms with E-state index >= 15 is 0 Å². The van der Waals surface area contributed by atoms with Gasteiger partial charge in [0.1, 0.15) is 0 Å². The number of thiophene rings is 1. The van der Waals surface area contributed by atoms with Crippen molar-refractivity contribution >= 4 is 23.6 Å². The van der Waals surface area contributed by atoms with Crippen LogP contribution in [-0.4, -0.2) is 9.55 Å². The van der Waals surface area contributed by atoms with Gasteiger partial charge in [-0.25, -0.2) is 0 Å². The lowest BCUT2D eigenvalue weighted by atomic mass is 9.92. The topological polar surface area (TPSA) is 20.7 Å². The van der Waals surface area contributed by atoms with Crippen molar-refractivity contribution in [1.29, 1.82) is 0 Å². The van der Waals surface area contributed by atoms with E-state index in [1.807, 2.05) is 17.5 Å². The Morgan fingerprint density at radius 2 is 2.00 bits per heavy atom. The second kappa shape index (κ2) is 4.67. The molecular formula is C14H20N2S2. The highest BCUT2D eigenvalue weighted by Crippen LogP contribution is 2.31. The van der Waals surface area contributed by atoms with Crippen LogP contribution < -0.4 is 0 Å². The summed E-state index contributed by atoms with van der Waals surface area (Å²) in [7, 11) is 0.